The first kappa shape index (κ1) is 22.2. The highest BCUT2D eigenvalue weighted by Crippen LogP contribution is 2.28. The second-order valence-electron chi connectivity index (χ2n) is 9.14. The van der Waals surface area contributed by atoms with Crippen molar-refractivity contribution in [1.82, 2.24) is 20.1 Å². The summed E-state index contributed by atoms with van der Waals surface area (Å²) in [7, 11) is 0. The number of aromatic nitrogens is 3. The molecule has 7 heteroatoms. The fourth-order valence-corrected chi connectivity index (χ4v) is 3.85. The molecule has 2 heterocycles. The number of benzene rings is 2. The molecule has 1 atom stereocenters. The molecule has 0 saturated heterocycles. The Hall–Kier alpha value is -4.00. The highest BCUT2D eigenvalue weighted by atomic mass is 16.2. The topological polar surface area (TPSA) is 103 Å². The maximum atomic E-state index is 13.3. The molecule has 7 nitrogen and oxygen atoms in total. The van der Waals surface area contributed by atoms with Gasteiger partial charge in [0.25, 0.3) is 5.91 Å². The molecule has 0 spiro atoms. The van der Waals surface area contributed by atoms with Gasteiger partial charge < -0.3 is 11.1 Å². The maximum Gasteiger partial charge on any atom is 0.273 e. The fraction of sp³-hybridized carbons (Fsp3) is 0.231. The standard InChI is InChI=1S/C26H27N5O2/c1-26(2,3)23(24(27)32)29-25(33)22-20-14-18(19-10-7-13-28-15-19)11-12-21(20)31(30-22)16-17-8-5-4-6-9-17/h4-15,23H,16H2,1-3H3,(H2,27,32)(H,29,33). The van der Waals surface area contributed by atoms with Crippen molar-refractivity contribution in [2.24, 2.45) is 11.1 Å². The first-order chi connectivity index (χ1) is 15.7. The molecule has 4 aromatic rings. The molecule has 2 amide bonds. The summed E-state index contributed by atoms with van der Waals surface area (Å²) in [5.74, 6) is -1.02. The van der Waals surface area contributed by atoms with Crippen molar-refractivity contribution < 1.29 is 9.59 Å². The van der Waals surface area contributed by atoms with Crippen LogP contribution in [0.5, 0.6) is 0 Å². The van der Waals surface area contributed by atoms with Crippen LogP contribution >= 0.6 is 0 Å². The van der Waals surface area contributed by atoms with Gasteiger partial charge in [-0.3, -0.25) is 19.3 Å². The minimum atomic E-state index is -0.833. The Labute approximate surface area is 192 Å². The van der Waals surface area contributed by atoms with Crippen LogP contribution in [0.25, 0.3) is 22.0 Å². The largest absolute Gasteiger partial charge is 0.368 e. The molecule has 0 radical (unpaired) electrons. The van der Waals surface area contributed by atoms with Crippen molar-refractivity contribution in [3.8, 4) is 11.1 Å². The van der Waals surface area contributed by atoms with Gasteiger partial charge in [-0.25, -0.2) is 0 Å². The number of hydrogen-bond donors (Lipinski definition) is 2. The molecule has 168 valence electrons. The lowest BCUT2D eigenvalue weighted by molar-refractivity contribution is -0.122. The molecular formula is C26H27N5O2. The number of hydrogen-bond acceptors (Lipinski definition) is 4. The number of rotatable bonds is 6. The summed E-state index contributed by atoms with van der Waals surface area (Å²) in [6.07, 6.45) is 3.49. The van der Waals surface area contributed by atoms with Crippen LogP contribution < -0.4 is 11.1 Å². The van der Waals surface area contributed by atoms with Crippen molar-refractivity contribution in [3.63, 3.8) is 0 Å². The SMILES string of the molecule is CC(C)(C)C(NC(=O)c1nn(Cc2ccccc2)c2ccc(-c3cccnc3)cc12)C(N)=O. The van der Waals surface area contributed by atoms with Crippen LogP contribution in [-0.4, -0.2) is 32.6 Å². The summed E-state index contributed by atoms with van der Waals surface area (Å²) >= 11 is 0. The number of amides is 2. The van der Waals surface area contributed by atoms with E-state index in [0.29, 0.717) is 11.9 Å². The average molecular weight is 442 g/mol. The number of nitrogens with one attached hydrogen (secondary N) is 1. The monoisotopic (exact) mass is 441 g/mol. The molecule has 0 aliphatic carbocycles. The van der Waals surface area contributed by atoms with E-state index in [1.54, 1.807) is 12.4 Å². The van der Waals surface area contributed by atoms with Crippen LogP contribution in [0.3, 0.4) is 0 Å². The second kappa shape index (κ2) is 8.86. The van der Waals surface area contributed by atoms with Crippen molar-refractivity contribution in [2.45, 2.75) is 33.4 Å². The Morgan fingerprint density at radius 1 is 1.03 bits per heavy atom. The van der Waals surface area contributed by atoms with E-state index < -0.39 is 23.3 Å². The van der Waals surface area contributed by atoms with E-state index in [-0.39, 0.29) is 5.69 Å². The van der Waals surface area contributed by atoms with E-state index in [9.17, 15) is 9.59 Å². The number of nitrogens with two attached hydrogens (primary N) is 1. The molecule has 0 fully saturated rings. The summed E-state index contributed by atoms with van der Waals surface area (Å²) < 4.78 is 1.81. The van der Waals surface area contributed by atoms with Gasteiger partial charge in [0.1, 0.15) is 6.04 Å². The number of nitrogens with zero attached hydrogens (tertiary/aromatic N) is 3. The van der Waals surface area contributed by atoms with Crippen molar-refractivity contribution in [1.29, 1.82) is 0 Å². The summed E-state index contributed by atoms with van der Waals surface area (Å²) in [4.78, 5) is 29.6. The molecule has 4 rings (SSSR count). The third-order valence-electron chi connectivity index (χ3n) is 5.56. The Kier molecular flexibility index (Phi) is 5.96. The number of fused-ring (bicyclic) bond motifs is 1. The number of carbonyl (C=O) groups is 2. The molecule has 1 unspecified atom stereocenters. The highest BCUT2D eigenvalue weighted by Gasteiger charge is 2.32. The summed E-state index contributed by atoms with van der Waals surface area (Å²) in [6.45, 7) is 6.08. The number of pyridine rings is 1. The van der Waals surface area contributed by atoms with E-state index in [2.05, 4.69) is 15.4 Å². The van der Waals surface area contributed by atoms with E-state index in [4.69, 9.17) is 5.73 Å². The van der Waals surface area contributed by atoms with Crippen LogP contribution in [0.15, 0.2) is 73.1 Å². The van der Waals surface area contributed by atoms with Crippen molar-refractivity contribution in [3.05, 3.63) is 84.3 Å². The normalized spacial score (nSPS) is 12.5. The molecule has 0 aliphatic heterocycles. The van der Waals surface area contributed by atoms with Gasteiger partial charge in [-0.15, -0.1) is 0 Å². The number of primary amides is 1. The van der Waals surface area contributed by atoms with Crippen LogP contribution in [0.4, 0.5) is 0 Å². The summed E-state index contributed by atoms with van der Waals surface area (Å²) in [6, 6.07) is 18.8. The molecule has 0 saturated carbocycles. The maximum absolute atomic E-state index is 13.3. The van der Waals surface area contributed by atoms with Gasteiger partial charge in [-0.05, 0) is 34.7 Å². The molecule has 33 heavy (non-hydrogen) atoms. The zero-order valence-electron chi connectivity index (χ0n) is 18.9. The van der Waals surface area contributed by atoms with Crippen LogP contribution in [0.2, 0.25) is 0 Å². The van der Waals surface area contributed by atoms with Gasteiger partial charge in [-0.1, -0.05) is 63.2 Å². The second-order valence-corrected chi connectivity index (χ2v) is 9.14. The third kappa shape index (κ3) is 4.77. The van der Waals surface area contributed by atoms with Gasteiger partial charge in [-0.2, -0.15) is 5.10 Å². The lowest BCUT2D eigenvalue weighted by atomic mass is 9.86. The van der Waals surface area contributed by atoms with Gasteiger partial charge in [0.2, 0.25) is 5.91 Å². The van der Waals surface area contributed by atoms with Crippen molar-refractivity contribution in [2.75, 3.05) is 0 Å². The van der Waals surface area contributed by atoms with E-state index >= 15 is 0 Å². The molecule has 3 N–H and O–H groups in total. The summed E-state index contributed by atoms with van der Waals surface area (Å²) in [5, 5.41) is 8.15. The third-order valence-corrected chi connectivity index (χ3v) is 5.56. The summed E-state index contributed by atoms with van der Waals surface area (Å²) in [5.41, 5.74) is 9.04. The van der Waals surface area contributed by atoms with Gasteiger partial charge in [0.15, 0.2) is 5.69 Å². The Balaban J connectivity index is 1.80. The van der Waals surface area contributed by atoms with E-state index in [1.165, 1.54) is 0 Å². The molecule has 2 aromatic carbocycles. The first-order valence-corrected chi connectivity index (χ1v) is 10.8. The molecule has 2 aromatic heterocycles. The quantitative estimate of drug-likeness (QED) is 0.475. The molecule has 0 aliphatic rings. The van der Waals surface area contributed by atoms with Crippen molar-refractivity contribution >= 4 is 22.7 Å². The van der Waals surface area contributed by atoms with E-state index in [0.717, 1.165) is 22.2 Å². The lowest BCUT2D eigenvalue weighted by Crippen LogP contribution is -2.52. The van der Waals surface area contributed by atoms with Crippen LogP contribution in [-0.2, 0) is 11.3 Å². The minimum Gasteiger partial charge on any atom is -0.368 e. The highest BCUT2D eigenvalue weighted by molar-refractivity contribution is 6.07. The average Bonchev–Trinajstić information content (AvgIpc) is 3.15. The van der Waals surface area contributed by atoms with Crippen LogP contribution in [0, 0.1) is 5.41 Å². The number of carbonyl (C=O) groups excluding carboxylic acids is 2. The predicted octanol–water partition coefficient (Wildman–Crippen LogP) is 3.78. The lowest BCUT2D eigenvalue weighted by Gasteiger charge is -2.28. The first-order valence-electron chi connectivity index (χ1n) is 10.8. The zero-order valence-corrected chi connectivity index (χ0v) is 18.9. The smallest absolute Gasteiger partial charge is 0.273 e. The van der Waals surface area contributed by atoms with Crippen LogP contribution in [0.1, 0.15) is 36.8 Å². The molecular weight excluding hydrogens is 414 g/mol. The minimum absolute atomic E-state index is 0.252. The predicted molar refractivity (Wildman–Crippen MR) is 128 cm³/mol. The Morgan fingerprint density at radius 2 is 1.79 bits per heavy atom. The van der Waals surface area contributed by atoms with E-state index in [1.807, 2.05) is 86.1 Å². The zero-order chi connectivity index (χ0) is 23.6. The van der Waals surface area contributed by atoms with Gasteiger partial charge >= 0.3 is 0 Å². The Morgan fingerprint density at radius 3 is 2.42 bits per heavy atom. The van der Waals surface area contributed by atoms with Gasteiger partial charge in [0, 0.05) is 23.3 Å². The van der Waals surface area contributed by atoms with Gasteiger partial charge in [0.05, 0.1) is 12.1 Å². The fourth-order valence-electron chi connectivity index (χ4n) is 3.85. The Bertz CT molecular complexity index is 1290. The molecule has 0 bridgehead atoms.